The number of aromatic nitrogens is 1. The highest BCUT2D eigenvalue weighted by Crippen LogP contribution is 2.19. The van der Waals surface area contributed by atoms with Gasteiger partial charge in [0.2, 0.25) is 0 Å². The van der Waals surface area contributed by atoms with Gasteiger partial charge in [-0.15, -0.1) is 0 Å². The van der Waals surface area contributed by atoms with Crippen molar-refractivity contribution in [1.29, 1.82) is 0 Å². The molecule has 156 valence electrons. The topological polar surface area (TPSA) is 57.5 Å². The van der Waals surface area contributed by atoms with E-state index >= 15 is 0 Å². The molecule has 4 aromatic rings. The minimum absolute atomic E-state index is 0.0415. The van der Waals surface area contributed by atoms with Gasteiger partial charge >= 0.3 is 5.97 Å². The second-order valence-electron chi connectivity index (χ2n) is 6.68. The second kappa shape index (κ2) is 8.79. The van der Waals surface area contributed by atoms with Gasteiger partial charge in [0.05, 0.1) is 5.56 Å². The summed E-state index contributed by atoms with van der Waals surface area (Å²) in [4.78, 5) is 25.7. The van der Waals surface area contributed by atoms with Gasteiger partial charge in [-0.2, -0.15) is 0 Å². The molecule has 3 aromatic carbocycles. The Morgan fingerprint density at radius 3 is 2.10 bits per heavy atom. The number of esters is 1. The first-order valence-corrected chi connectivity index (χ1v) is 9.49. The molecule has 1 aromatic heterocycles. The molecule has 31 heavy (non-hydrogen) atoms. The number of carbonyl (C=O) groups excluding carboxylic acids is 1. The summed E-state index contributed by atoms with van der Waals surface area (Å²) >= 11 is 0. The van der Waals surface area contributed by atoms with Gasteiger partial charge < -0.3 is 9.47 Å². The fourth-order valence-corrected chi connectivity index (χ4v) is 3.15. The first-order chi connectivity index (χ1) is 15.0. The Morgan fingerprint density at radius 2 is 1.42 bits per heavy atom. The summed E-state index contributed by atoms with van der Waals surface area (Å²) in [7, 11) is 0. The normalized spacial score (nSPS) is 10.8. The summed E-state index contributed by atoms with van der Waals surface area (Å²) in [6.07, 6.45) is 1.39. The molecule has 0 aliphatic heterocycles. The number of halogens is 2. The van der Waals surface area contributed by atoms with Crippen LogP contribution >= 0.6 is 0 Å². The van der Waals surface area contributed by atoms with Crippen LogP contribution in [-0.2, 0) is 4.74 Å². The molecule has 0 fully saturated rings. The van der Waals surface area contributed by atoms with E-state index in [1.54, 1.807) is 24.3 Å². The molecule has 5 nitrogen and oxygen atoms in total. The van der Waals surface area contributed by atoms with E-state index in [0.29, 0.717) is 22.2 Å². The van der Waals surface area contributed by atoms with Crippen LogP contribution in [0.4, 0.5) is 8.78 Å². The number of carbonyl (C=O) groups is 1. The Hall–Kier alpha value is -4.00. The average molecular weight is 421 g/mol. The zero-order valence-corrected chi connectivity index (χ0v) is 16.3. The quantitative estimate of drug-likeness (QED) is 0.340. The predicted octanol–water partition coefficient (Wildman–Crippen LogP) is 4.50. The van der Waals surface area contributed by atoms with Crippen molar-refractivity contribution < 1.29 is 23.0 Å². The molecule has 0 radical (unpaired) electrons. The minimum Gasteiger partial charge on any atom is -0.490 e. The summed E-state index contributed by atoms with van der Waals surface area (Å²) < 4.78 is 38.2. The third kappa shape index (κ3) is 4.45. The molecule has 0 atom stereocenters. The highest BCUT2D eigenvalue weighted by Gasteiger charge is 2.17. The Labute approximate surface area is 176 Å². The maximum Gasteiger partial charge on any atom is 0.340 e. The van der Waals surface area contributed by atoms with Crippen molar-refractivity contribution in [2.24, 2.45) is 0 Å². The number of hydrogen-bond acceptors (Lipinski definition) is 4. The molecule has 0 aliphatic carbocycles. The fourth-order valence-electron chi connectivity index (χ4n) is 3.15. The van der Waals surface area contributed by atoms with E-state index in [4.69, 9.17) is 9.47 Å². The summed E-state index contributed by atoms with van der Waals surface area (Å²) in [5.74, 6) is -0.983. The summed E-state index contributed by atoms with van der Waals surface area (Å²) in [6.45, 7) is 0.0348. The van der Waals surface area contributed by atoms with Crippen molar-refractivity contribution >= 4 is 16.7 Å². The molecule has 1 heterocycles. The smallest absolute Gasteiger partial charge is 0.340 e. The van der Waals surface area contributed by atoms with Crippen molar-refractivity contribution in [3.8, 4) is 11.4 Å². The number of rotatable bonds is 6. The fraction of sp³-hybridized carbons (Fsp3) is 0.0833. The largest absolute Gasteiger partial charge is 0.490 e. The third-order valence-corrected chi connectivity index (χ3v) is 4.65. The van der Waals surface area contributed by atoms with Gasteiger partial charge in [-0.25, -0.2) is 13.6 Å². The Kier molecular flexibility index (Phi) is 5.75. The van der Waals surface area contributed by atoms with Crippen LogP contribution in [-0.4, -0.2) is 23.8 Å². The van der Waals surface area contributed by atoms with E-state index in [2.05, 4.69) is 0 Å². The van der Waals surface area contributed by atoms with Crippen molar-refractivity contribution in [2.75, 3.05) is 13.2 Å². The summed E-state index contributed by atoms with van der Waals surface area (Å²) in [5.41, 5.74) is 0.283. The second-order valence-corrected chi connectivity index (χ2v) is 6.68. The van der Waals surface area contributed by atoms with E-state index in [9.17, 15) is 18.4 Å². The zero-order chi connectivity index (χ0) is 21.8. The molecule has 4 rings (SSSR count). The van der Waals surface area contributed by atoms with E-state index in [1.807, 2.05) is 0 Å². The van der Waals surface area contributed by atoms with E-state index < -0.39 is 11.8 Å². The molecule has 0 bridgehead atoms. The van der Waals surface area contributed by atoms with Crippen LogP contribution in [0.2, 0.25) is 0 Å². The predicted molar refractivity (Wildman–Crippen MR) is 112 cm³/mol. The molecule has 0 N–H and O–H groups in total. The van der Waals surface area contributed by atoms with Crippen LogP contribution in [0, 0.1) is 11.6 Å². The van der Waals surface area contributed by atoms with Crippen molar-refractivity contribution in [1.82, 2.24) is 4.57 Å². The first kappa shape index (κ1) is 20.3. The average Bonchev–Trinajstić information content (AvgIpc) is 2.79. The minimum atomic E-state index is -0.630. The standard InChI is InChI=1S/C24H17F2NO4/c25-16-5-9-18(10-6-16)27-15-22(20-3-1-2-4-21(20)23(27)28)24(29)31-14-13-30-19-11-7-17(26)8-12-19/h1-12,15H,13-14H2. The van der Waals surface area contributed by atoms with Crippen LogP contribution in [0.25, 0.3) is 16.5 Å². The molecule has 0 unspecified atom stereocenters. The van der Waals surface area contributed by atoms with Crippen LogP contribution in [0.15, 0.2) is 83.8 Å². The molecule has 0 aliphatic rings. The van der Waals surface area contributed by atoms with Crippen LogP contribution in [0.3, 0.4) is 0 Å². The van der Waals surface area contributed by atoms with Gasteiger partial charge in [-0.05, 0) is 54.6 Å². The van der Waals surface area contributed by atoms with Gasteiger partial charge in [0, 0.05) is 22.7 Å². The first-order valence-electron chi connectivity index (χ1n) is 9.49. The van der Waals surface area contributed by atoms with E-state index in [1.165, 1.54) is 59.3 Å². The van der Waals surface area contributed by atoms with Gasteiger partial charge in [-0.1, -0.05) is 18.2 Å². The zero-order valence-electron chi connectivity index (χ0n) is 16.3. The van der Waals surface area contributed by atoms with Crippen LogP contribution in [0.1, 0.15) is 10.4 Å². The lowest BCUT2D eigenvalue weighted by Crippen LogP contribution is -2.22. The molecule has 0 amide bonds. The number of benzene rings is 3. The number of pyridine rings is 1. The molecule has 0 saturated heterocycles. The maximum absolute atomic E-state index is 13.3. The third-order valence-electron chi connectivity index (χ3n) is 4.65. The summed E-state index contributed by atoms with van der Waals surface area (Å²) in [5, 5.41) is 0.791. The highest BCUT2D eigenvalue weighted by molar-refractivity contribution is 6.04. The number of nitrogens with zero attached hydrogens (tertiary/aromatic N) is 1. The number of hydrogen-bond donors (Lipinski definition) is 0. The Bertz CT molecular complexity index is 1280. The lowest BCUT2D eigenvalue weighted by Gasteiger charge is -2.12. The van der Waals surface area contributed by atoms with E-state index in [-0.39, 0.29) is 30.2 Å². The monoisotopic (exact) mass is 421 g/mol. The SMILES string of the molecule is O=C(OCCOc1ccc(F)cc1)c1cn(-c2ccc(F)cc2)c(=O)c2ccccc12. The van der Waals surface area contributed by atoms with Crippen molar-refractivity contribution in [3.05, 3.63) is 107 Å². The van der Waals surface area contributed by atoms with Crippen molar-refractivity contribution in [3.63, 3.8) is 0 Å². The van der Waals surface area contributed by atoms with Crippen LogP contribution in [0.5, 0.6) is 5.75 Å². The summed E-state index contributed by atoms with van der Waals surface area (Å²) in [6, 6.07) is 17.6. The number of fused-ring (bicyclic) bond motifs is 1. The van der Waals surface area contributed by atoms with Crippen LogP contribution < -0.4 is 10.3 Å². The maximum atomic E-state index is 13.3. The Balaban J connectivity index is 1.57. The van der Waals surface area contributed by atoms with Gasteiger partial charge in [0.25, 0.3) is 5.56 Å². The molecule has 7 heteroatoms. The Morgan fingerprint density at radius 1 is 0.806 bits per heavy atom. The van der Waals surface area contributed by atoms with Crippen molar-refractivity contribution in [2.45, 2.75) is 0 Å². The molecule has 0 saturated carbocycles. The van der Waals surface area contributed by atoms with Gasteiger partial charge in [0.1, 0.15) is 30.6 Å². The molecule has 0 spiro atoms. The lowest BCUT2D eigenvalue weighted by molar-refractivity contribution is 0.0452. The van der Waals surface area contributed by atoms with E-state index in [0.717, 1.165) is 0 Å². The lowest BCUT2D eigenvalue weighted by atomic mass is 10.1. The van der Waals surface area contributed by atoms with Gasteiger partial charge in [-0.3, -0.25) is 9.36 Å². The van der Waals surface area contributed by atoms with Gasteiger partial charge in [0.15, 0.2) is 0 Å². The molecular weight excluding hydrogens is 404 g/mol. The highest BCUT2D eigenvalue weighted by atomic mass is 19.1. The number of ether oxygens (including phenoxy) is 2. The molecular formula is C24H17F2NO4.